The van der Waals surface area contributed by atoms with Crippen LogP contribution < -0.4 is 15.0 Å². The third kappa shape index (κ3) is 5.77. The summed E-state index contributed by atoms with van der Waals surface area (Å²) in [6.07, 6.45) is 2.16. The first-order valence-corrected chi connectivity index (χ1v) is 13.4. The molecule has 2 bridgehead atoms. The van der Waals surface area contributed by atoms with Gasteiger partial charge in [0, 0.05) is 32.4 Å². The Bertz CT molecular complexity index is 1350. The first kappa shape index (κ1) is 26.4. The minimum Gasteiger partial charge on any atom is -0.489 e. The van der Waals surface area contributed by atoms with Crippen molar-refractivity contribution in [3.63, 3.8) is 0 Å². The molecule has 0 saturated carbocycles. The Morgan fingerprint density at radius 1 is 0.949 bits per heavy atom. The van der Waals surface area contributed by atoms with Crippen molar-refractivity contribution in [1.82, 2.24) is 10.2 Å². The SMILES string of the molecule is COC(=O)C1=C(c2cccc(OCc3ccccc3)c2)C[C@@H]2CC[C@H]1N2C(=O)NCc1ccc(N(C)C)cc1. The molecule has 2 atom stereocenters. The van der Waals surface area contributed by atoms with Crippen molar-refractivity contribution in [2.24, 2.45) is 0 Å². The van der Waals surface area contributed by atoms with Crippen LogP contribution in [0.25, 0.3) is 5.57 Å². The molecule has 0 spiro atoms. The molecule has 0 aromatic heterocycles. The highest BCUT2D eigenvalue weighted by molar-refractivity contribution is 6.01. The monoisotopic (exact) mass is 525 g/mol. The molecule has 1 fully saturated rings. The van der Waals surface area contributed by atoms with Crippen molar-refractivity contribution in [1.29, 1.82) is 0 Å². The van der Waals surface area contributed by atoms with Gasteiger partial charge in [0.05, 0.1) is 18.7 Å². The van der Waals surface area contributed by atoms with Crippen LogP contribution in [0.5, 0.6) is 5.75 Å². The Morgan fingerprint density at radius 3 is 2.44 bits per heavy atom. The van der Waals surface area contributed by atoms with Crippen LogP contribution in [0.2, 0.25) is 0 Å². The summed E-state index contributed by atoms with van der Waals surface area (Å²) in [7, 11) is 5.39. The van der Waals surface area contributed by atoms with Gasteiger partial charge in [0.15, 0.2) is 0 Å². The van der Waals surface area contributed by atoms with Gasteiger partial charge in [-0.25, -0.2) is 9.59 Å². The molecular weight excluding hydrogens is 490 g/mol. The summed E-state index contributed by atoms with van der Waals surface area (Å²) in [4.78, 5) is 30.4. The first-order chi connectivity index (χ1) is 18.9. The summed E-state index contributed by atoms with van der Waals surface area (Å²) >= 11 is 0. The summed E-state index contributed by atoms with van der Waals surface area (Å²) in [6.45, 7) is 0.887. The lowest BCUT2D eigenvalue weighted by molar-refractivity contribution is -0.136. The largest absolute Gasteiger partial charge is 0.489 e. The number of anilines is 1. The number of fused-ring (bicyclic) bond motifs is 2. The number of nitrogens with zero attached hydrogens (tertiary/aromatic N) is 2. The number of nitrogens with one attached hydrogen (secondary N) is 1. The molecule has 2 heterocycles. The van der Waals surface area contributed by atoms with E-state index in [1.54, 1.807) is 0 Å². The van der Waals surface area contributed by atoms with Crippen molar-refractivity contribution >= 4 is 23.3 Å². The maximum atomic E-state index is 13.4. The number of amides is 2. The Balaban J connectivity index is 1.34. The minimum atomic E-state index is -0.386. The van der Waals surface area contributed by atoms with Gasteiger partial charge in [-0.15, -0.1) is 0 Å². The zero-order chi connectivity index (χ0) is 27.4. The third-order valence-corrected chi connectivity index (χ3v) is 7.57. The zero-order valence-electron chi connectivity index (χ0n) is 22.7. The van der Waals surface area contributed by atoms with Crippen molar-refractivity contribution in [2.45, 2.75) is 44.5 Å². The predicted molar refractivity (Wildman–Crippen MR) is 152 cm³/mol. The van der Waals surface area contributed by atoms with E-state index in [0.29, 0.717) is 25.1 Å². The van der Waals surface area contributed by atoms with E-state index in [4.69, 9.17) is 9.47 Å². The number of hydrogen-bond donors (Lipinski definition) is 1. The lowest BCUT2D eigenvalue weighted by Gasteiger charge is -2.37. The van der Waals surface area contributed by atoms with Crippen molar-refractivity contribution in [3.8, 4) is 5.75 Å². The summed E-state index contributed by atoms with van der Waals surface area (Å²) in [5.74, 6) is 0.351. The van der Waals surface area contributed by atoms with E-state index < -0.39 is 0 Å². The van der Waals surface area contributed by atoms with Gasteiger partial charge in [-0.05, 0) is 65.8 Å². The number of carbonyl (C=O) groups is 2. The number of esters is 1. The average molecular weight is 526 g/mol. The number of hydrogen-bond acceptors (Lipinski definition) is 5. The van der Waals surface area contributed by atoms with Crippen molar-refractivity contribution in [2.75, 3.05) is 26.1 Å². The normalized spacial score (nSPS) is 18.1. The van der Waals surface area contributed by atoms with E-state index in [0.717, 1.165) is 46.5 Å². The Morgan fingerprint density at radius 2 is 1.72 bits per heavy atom. The number of urea groups is 1. The quantitative estimate of drug-likeness (QED) is 0.399. The first-order valence-electron chi connectivity index (χ1n) is 13.4. The highest BCUT2D eigenvalue weighted by atomic mass is 16.5. The van der Waals surface area contributed by atoms with Crippen LogP contribution in [-0.4, -0.2) is 50.2 Å². The molecule has 202 valence electrons. The third-order valence-electron chi connectivity index (χ3n) is 7.57. The molecule has 2 aliphatic rings. The zero-order valence-corrected chi connectivity index (χ0v) is 22.7. The molecule has 3 aromatic rings. The lowest BCUT2D eigenvalue weighted by Crippen LogP contribution is -2.50. The number of rotatable bonds is 8. The summed E-state index contributed by atoms with van der Waals surface area (Å²) in [6, 6.07) is 25.5. The van der Waals surface area contributed by atoms with Gasteiger partial charge in [-0.1, -0.05) is 54.6 Å². The molecule has 5 rings (SSSR count). The molecule has 1 saturated heterocycles. The molecule has 0 radical (unpaired) electrons. The maximum Gasteiger partial charge on any atom is 0.336 e. The topological polar surface area (TPSA) is 71.1 Å². The second-order valence-corrected chi connectivity index (χ2v) is 10.3. The van der Waals surface area contributed by atoms with Gasteiger partial charge in [0.2, 0.25) is 0 Å². The molecule has 0 unspecified atom stereocenters. The number of ether oxygens (including phenoxy) is 2. The van der Waals surface area contributed by atoms with Crippen LogP contribution in [0.4, 0.5) is 10.5 Å². The van der Waals surface area contributed by atoms with Crippen LogP contribution in [-0.2, 0) is 22.7 Å². The molecule has 0 aliphatic carbocycles. The van der Waals surface area contributed by atoms with Crippen LogP contribution >= 0.6 is 0 Å². The van der Waals surface area contributed by atoms with E-state index >= 15 is 0 Å². The van der Waals surface area contributed by atoms with Crippen LogP contribution in [0.1, 0.15) is 36.0 Å². The number of benzene rings is 3. The highest BCUT2D eigenvalue weighted by Gasteiger charge is 2.46. The molecule has 7 nitrogen and oxygen atoms in total. The van der Waals surface area contributed by atoms with Gasteiger partial charge >= 0.3 is 12.0 Å². The average Bonchev–Trinajstić information content (AvgIpc) is 3.28. The minimum absolute atomic E-state index is 0.0171. The second kappa shape index (κ2) is 11.6. The fourth-order valence-corrected chi connectivity index (χ4v) is 5.56. The van der Waals surface area contributed by atoms with Crippen LogP contribution in [0.3, 0.4) is 0 Å². The van der Waals surface area contributed by atoms with E-state index in [2.05, 4.69) is 5.32 Å². The molecule has 2 aliphatic heterocycles. The Hall–Kier alpha value is -4.26. The fourth-order valence-electron chi connectivity index (χ4n) is 5.56. The van der Waals surface area contributed by atoms with Gasteiger partial charge < -0.3 is 24.6 Å². The Kier molecular flexibility index (Phi) is 7.87. The second-order valence-electron chi connectivity index (χ2n) is 10.3. The molecule has 2 amide bonds. The van der Waals surface area contributed by atoms with Gasteiger partial charge in [-0.2, -0.15) is 0 Å². The smallest absolute Gasteiger partial charge is 0.336 e. The van der Waals surface area contributed by atoms with Crippen LogP contribution in [0.15, 0.2) is 84.4 Å². The summed E-state index contributed by atoms with van der Waals surface area (Å²) < 4.78 is 11.3. The summed E-state index contributed by atoms with van der Waals surface area (Å²) in [5, 5.41) is 3.07. The van der Waals surface area contributed by atoms with E-state index in [9.17, 15) is 9.59 Å². The van der Waals surface area contributed by atoms with Crippen molar-refractivity contribution < 1.29 is 19.1 Å². The molecule has 7 heteroatoms. The van der Waals surface area contributed by atoms with Gasteiger partial charge in [-0.3, -0.25) is 0 Å². The number of carbonyl (C=O) groups excluding carboxylic acids is 2. The lowest BCUT2D eigenvalue weighted by atomic mass is 9.88. The van der Waals surface area contributed by atoms with E-state index in [1.807, 2.05) is 103 Å². The maximum absolute atomic E-state index is 13.4. The van der Waals surface area contributed by atoms with Gasteiger partial charge in [0.1, 0.15) is 12.4 Å². The fraction of sp³-hybridized carbons (Fsp3) is 0.312. The summed E-state index contributed by atoms with van der Waals surface area (Å²) in [5.41, 5.74) is 5.64. The standard InChI is InChI=1S/C32H35N3O4/c1-34(2)25-14-12-22(13-15-25)20-33-32(37)35-26-16-17-29(35)30(31(36)38-3)28(19-26)24-10-7-11-27(18-24)39-21-23-8-5-4-6-9-23/h4-15,18,26,29H,16-17,19-21H2,1-3H3,(H,33,37)/t26-,29+/m0/s1. The number of methoxy groups -OCH3 is 1. The van der Waals surface area contributed by atoms with Gasteiger partial charge in [0.25, 0.3) is 0 Å². The van der Waals surface area contributed by atoms with E-state index in [1.165, 1.54) is 7.11 Å². The molecular formula is C32H35N3O4. The molecule has 1 N–H and O–H groups in total. The van der Waals surface area contributed by atoms with Crippen LogP contribution in [0, 0.1) is 0 Å². The van der Waals surface area contributed by atoms with E-state index in [-0.39, 0.29) is 24.1 Å². The highest BCUT2D eigenvalue weighted by Crippen LogP contribution is 2.44. The molecule has 3 aromatic carbocycles. The predicted octanol–water partition coefficient (Wildman–Crippen LogP) is 5.40. The Labute approximate surface area is 230 Å². The molecule has 39 heavy (non-hydrogen) atoms. The van der Waals surface area contributed by atoms with Crippen molar-refractivity contribution in [3.05, 3.63) is 101 Å².